The van der Waals surface area contributed by atoms with Crippen molar-refractivity contribution in [2.75, 3.05) is 0 Å². The third-order valence-corrected chi connectivity index (χ3v) is 7.05. The van der Waals surface area contributed by atoms with Crippen LogP contribution in [0.5, 0.6) is 0 Å². The van der Waals surface area contributed by atoms with Gasteiger partial charge in [-0.1, -0.05) is 63.4 Å². The smallest absolute Gasteiger partial charge is 0.107 e. The first-order chi connectivity index (χ1) is 8.35. The van der Waals surface area contributed by atoms with Crippen molar-refractivity contribution in [3.63, 3.8) is 0 Å². The van der Waals surface area contributed by atoms with E-state index in [9.17, 15) is 5.11 Å². The fourth-order valence-electron chi connectivity index (χ4n) is 3.55. The second-order valence-electron chi connectivity index (χ2n) is 6.02. The monoisotopic (exact) mass is 374 g/mol. The van der Waals surface area contributed by atoms with E-state index in [1.165, 1.54) is 11.1 Å². The molecule has 0 saturated heterocycles. The Hall–Kier alpha value is -0.0200. The molecule has 0 amide bonds. The van der Waals surface area contributed by atoms with Crippen LogP contribution < -0.4 is 0 Å². The molecule has 0 aromatic heterocycles. The number of aliphatic hydroxyl groups is 1. The summed E-state index contributed by atoms with van der Waals surface area (Å²) in [5.74, 6) is 0.456. The predicted octanol–water partition coefficient (Wildman–Crippen LogP) is 5.98. The molecule has 0 radical (unpaired) electrons. The summed E-state index contributed by atoms with van der Waals surface area (Å²) in [5.41, 5.74) is 2.74. The maximum atomic E-state index is 10.0. The van der Waals surface area contributed by atoms with Crippen LogP contribution in [-0.4, -0.2) is 5.11 Å². The van der Waals surface area contributed by atoms with Gasteiger partial charge in [-0.25, -0.2) is 0 Å². The summed E-state index contributed by atoms with van der Waals surface area (Å²) < 4.78 is 0.966. The first kappa shape index (κ1) is 14.4. The highest BCUT2D eigenvalue weighted by Crippen LogP contribution is 2.63. The first-order valence-corrected chi connectivity index (χ1v) is 8.10. The lowest BCUT2D eigenvalue weighted by Crippen LogP contribution is -2.44. The second kappa shape index (κ2) is 4.82. The van der Waals surface area contributed by atoms with Crippen molar-refractivity contribution in [2.45, 2.75) is 46.0 Å². The van der Waals surface area contributed by atoms with Crippen LogP contribution in [0.4, 0.5) is 0 Å². The minimum absolute atomic E-state index is 0.0652. The Bertz CT molecular complexity index is 433. The summed E-state index contributed by atoms with van der Waals surface area (Å²) in [4.78, 5) is 2.07. The topological polar surface area (TPSA) is 20.2 Å². The van der Waals surface area contributed by atoms with Crippen molar-refractivity contribution < 1.29 is 5.11 Å². The Morgan fingerprint density at radius 2 is 1.83 bits per heavy atom. The van der Waals surface area contributed by atoms with Crippen LogP contribution in [0, 0.1) is 10.8 Å². The van der Waals surface area contributed by atoms with E-state index in [0.29, 0.717) is 12.2 Å². The van der Waals surface area contributed by atoms with Gasteiger partial charge in [-0.3, -0.25) is 0 Å². The zero-order valence-corrected chi connectivity index (χ0v) is 14.2. The largest absolute Gasteiger partial charge is 0.511 e. The van der Waals surface area contributed by atoms with Crippen LogP contribution in [0.25, 0.3) is 0 Å². The molecule has 0 heterocycles. The number of hydrogen-bond donors (Lipinski definition) is 1. The molecule has 1 saturated carbocycles. The minimum atomic E-state index is -0.0652. The van der Waals surface area contributed by atoms with Gasteiger partial charge in [0, 0.05) is 21.7 Å². The van der Waals surface area contributed by atoms with Crippen molar-refractivity contribution in [1.29, 1.82) is 0 Å². The second-order valence-corrected chi connectivity index (χ2v) is 7.27. The molecule has 100 valence electrons. The molecule has 0 aromatic carbocycles. The van der Waals surface area contributed by atoms with E-state index in [1.54, 1.807) is 0 Å². The SMILES string of the molecule is C=C1CC(O)=C(Br)C(C)(C)C12CCC(=CBr)CC2. The average Bonchev–Trinajstić information content (AvgIpc) is 2.35. The van der Waals surface area contributed by atoms with E-state index in [4.69, 9.17) is 0 Å². The van der Waals surface area contributed by atoms with E-state index in [-0.39, 0.29) is 10.8 Å². The number of rotatable bonds is 0. The van der Waals surface area contributed by atoms with Crippen molar-refractivity contribution in [2.24, 2.45) is 10.8 Å². The lowest BCUT2D eigenvalue weighted by atomic mass is 9.52. The summed E-state index contributed by atoms with van der Waals surface area (Å²) in [5, 5.41) is 10.0. The molecule has 2 aliphatic rings. The first-order valence-electron chi connectivity index (χ1n) is 6.39. The Balaban J connectivity index is 2.41. The van der Waals surface area contributed by atoms with Gasteiger partial charge in [0.25, 0.3) is 0 Å². The van der Waals surface area contributed by atoms with Gasteiger partial charge >= 0.3 is 0 Å². The fraction of sp³-hybridized carbons (Fsp3) is 0.600. The maximum absolute atomic E-state index is 10.0. The van der Waals surface area contributed by atoms with Crippen LogP contribution in [-0.2, 0) is 0 Å². The average molecular weight is 376 g/mol. The third kappa shape index (κ3) is 1.94. The molecule has 3 heteroatoms. The molecular weight excluding hydrogens is 356 g/mol. The molecule has 2 aliphatic carbocycles. The van der Waals surface area contributed by atoms with Gasteiger partial charge in [-0.2, -0.15) is 0 Å². The van der Waals surface area contributed by atoms with Crippen molar-refractivity contribution in [1.82, 2.24) is 0 Å². The molecular formula is C15H20Br2O. The molecule has 0 unspecified atom stereocenters. The molecule has 0 bridgehead atoms. The molecule has 1 nitrogen and oxygen atoms in total. The maximum Gasteiger partial charge on any atom is 0.107 e. The zero-order chi connectivity index (χ0) is 13.6. The van der Waals surface area contributed by atoms with Gasteiger partial charge in [0.2, 0.25) is 0 Å². The highest BCUT2D eigenvalue weighted by atomic mass is 79.9. The lowest BCUT2D eigenvalue weighted by molar-refractivity contribution is 0.0971. The zero-order valence-electron chi connectivity index (χ0n) is 11.0. The summed E-state index contributed by atoms with van der Waals surface area (Å²) >= 11 is 7.06. The van der Waals surface area contributed by atoms with Gasteiger partial charge < -0.3 is 5.11 Å². The van der Waals surface area contributed by atoms with Gasteiger partial charge in [-0.05, 0) is 30.7 Å². The van der Waals surface area contributed by atoms with Crippen LogP contribution in [0.2, 0.25) is 0 Å². The number of halogens is 2. The van der Waals surface area contributed by atoms with E-state index < -0.39 is 0 Å². The Kier molecular flexibility index (Phi) is 3.86. The van der Waals surface area contributed by atoms with Gasteiger partial charge in [0.15, 0.2) is 0 Å². The molecule has 18 heavy (non-hydrogen) atoms. The molecule has 0 atom stereocenters. The van der Waals surface area contributed by atoms with Crippen molar-refractivity contribution >= 4 is 31.9 Å². The highest BCUT2D eigenvalue weighted by molar-refractivity contribution is 9.11. The lowest BCUT2D eigenvalue weighted by Gasteiger charge is -2.53. The summed E-state index contributed by atoms with van der Waals surface area (Å²) in [6, 6.07) is 0. The molecule has 0 aromatic rings. The van der Waals surface area contributed by atoms with Crippen LogP contribution in [0.1, 0.15) is 46.0 Å². The van der Waals surface area contributed by atoms with E-state index in [1.807, 2.05) is 0 Å². The van der Waals surface area contributed by atoms with E-state index in [0.717, 1.165) is 30.2 Å². The van der Waals surface area contributed by atoms with E-state index >= 15 is 0 Å². The molecule has 0 aliphatic heterocycles. The fourth-order valence-corrected chi connectivity index (χ4v) is 4.52. The van der Waals surface area contributed by atoms with Crippen LogP contribution in [0.15, 0.2) is 33.0 Å². The van der Waals surface area contributed by atoms with Gasteiger partial charge in [0.05, 0.1) is 0 Å². The molecule has 1 spiro atoms. The normalized spacial score (nSPS) is 32.0. The van der Waals surface area contributed by atoms with Gasteiger partial charge in [-0.15, -0.1) is 0 Å². The summed E-state index contributed by atoms with van der Waals surface area (Å²) in [6.45, 7) is 8.72. The Morgan fingerprint density at radius 3 is 2.33 bits per heavy atom. The van der Waals surface area contributed by atoms with E-state index in [2.05, 4.69) is 57.3 Å². The minimum Gasteiger partial charge on any atom is -0.511 e. The summed E-state index contributed by atoms with van der Waals surface area (Å²) in [6.07, 6.45) is 5.11. The third-order valence-electron chi connectivity index (χ3n) is 4.96. The van der Waals surface area contributed by atoms with Gasteiger partial charge in [0.1, 0.15) is 5.76 Å². The number of allylic oxidation sites excluding steroid dienone is 3. The molecule has 2 rings (SSSR count). The quantitative estimate of drug-likeness (QED) is 0.516. The molecule has 1 fully saturated rings. The predicted molar refractivity (Wildman–Crippen MR) is 84.0 cm³/mol. The standard InChI is InChI=1S/C15H20Br2O/c1-10-8-12(18)13(17)14(2,3)15(10)6-4-11(9-16)5-7-15/h9,18H,1,4-8H2,2-3H3. The Morgan fingerprint density at radius 1 is 1.28 bits per heavy atom. The van der Waals surface area contributed by atoms with Crippen molar-refractivity contribution in [3.05, 3.63) is 33.0 Å². The van der Waals surface area contributed by atoms with Crippen molar-refractivity contribution in [3.8, 4) is 0 Å². The van der Waals surface area contributed by atoms with Crippen LogP contribution in [0.3, 0.4) is 0 Å². The highest BCUT2D eigenvalue weighted by Gasteiger charge is 2.52. The van der Waals surface area contributed by atoms with Crippen LogP contribution >= 0.6 is 31.9 Å². The number of hydrogen-bond acceptors (Lipinski definition) is 1. The molecule has 1 N–H and O–H groups in total. The number of aliphatic hydroxyl groups excluding tert-OH is 1. The Labute approximate surface area is 126 Å². The summed E-state index contributed by atoms with van der Waals surface area (Å²) in [7, 11) is 0.